The van der Waals surface area contributed by atoms with Gasteiger partial charge in [0.05, 0.1) is 22.4 Å². The number of hydrogen-bond acceptors (Lipinski definition) is 1. The van der Waals surface area contributed by atoms with Gasteiger partial charge in [-0.05, 0) is 70.6 Å². The zero-order valence-electron chi connectivity index (χ0n) is 26.4. The quantitative estimate of drug-likeness (QED) is 0.181. The van der Waals surface area contributed by atoms with E-state index >= 15 is 0 Å². The van der Waals surface area contributed by atoms with Crippen LogP contribution in [-0.4, -0.2) is 4.57 Å². The molecule has 2 nitrogen and oxygen atoms in total. The lowest BCUT2D eigenvalue weighted by Gasteiger charge is -2.29. The molecule has 0 saturated carbocycles. The average molecular weight is 613 g/mol. The number of benzene rings is 8. The van der Waals surface area contributed by atoms with Crippen LogP contribution in [0.1, 0.15) is 0 Å². The molecule has 0 unspecified atom stereocenters. The summed E-state index contributed by atoms with van der Waals surface area (Å²) in [5, 5.41) is 4.95. The molecule has 9 aromatic rings. The Hall–Kier alpha value is -6.38. The van der Waals surface area contributed by atoms with E-state index in [1.807, 2.05) is 0 Å². The summed E-state index contributed by atoms with van der Waals surface area (Å²) in [6.45, 7) is 0. The Morgan fingerprint density at radius 3 is 1.73 bits per heavy atom. The van der Waals surface area contributed by atoms with Gasteiger partial charge in [0.25, 0.3) is 0 Å². The first-order valence-electron chi connectivity index (χ1n) is 16.4. The SMILES string of the molecule is c1ccc(-c2cccc(N(c3ccccc3-c3cccc(-n4c5ccccc5c5ccccc54)c3)c3cccc4ccccc34)c2)cc1. The van der Waals surface area contributed by atoms with Crippen LogP contribution in [0.25, 0.3) is 60.5 Å². The number of aromatic nitrogens is 1. The molecule has 0 aliphatic rings. The zero-order valence-corrected chi connectivity index (χ0v) is 26.4. The van der Waals surface area contributed by atoms with Crippen LogP contribution in [0.15, 0.2) is 194 Å². The number of para-hydroxylation sites is 3. The van der Waals surface area contributed by atoms with E-state index < -0.39 is 0 Å². The fraction of sp³-hybridized carbons (Fsp3) is 0. The monoisotopic (exact) mass is 612 g/mol. The molecule has 8 aromatic carbocycles. The fourth-order valence-electron chi connectivity index (χ4n) is 7.19. The molecular formula is C46H32N2. The summed E-state index contributed by atoms with van der Waals surface area (Å²) in [5.41, 5.74) is 11.6. The molecule has 48 heavy (non-hydrogen) atoms. The predicted octanol–water partition coefficient (Wildman–Crippen LogP) is 12.7. The molecule has 0 amide bonds. The van der Waals surface area contributed by atoms with E-state index in [1.54, 1.807) is 0 Å². The highest BCUT2D eigenvalue weighted by molar-refractivity contribution is 6.09. The summed E-state index contributed by atoms with van der Waals surface area (Å²) in [5.74, 6) is 0. The van der Waals surface area contributed by atoms with Gasteiger partial charge in [0, 0.05) is 33.1 Å². The van der Waals surface area contributed by atoms with Crippen molar-refractivity contribution in [2.75, 3.05) is 4.90 Å². The van der Waals surface area contributed by atoms with Crippen molar-refractivity contribution in [2.45, 2.75) is 0 Å². The molecule has 0 aliphatic carbocycles. The van der Waals surface area contributed by atoms with Crippen LogP contribution in [0, 0.1) is 0 Å². The Morgan fingerprint density at radius 1 is 0.354 bits per heavy atom. The normalized spacial score (nSPS) is 11.3. The van der Waals surface area contributed by atoms with E-state index in [0.717, 1.165) is 33.9 Å². The minimum Gasteiger partial charge on any atom is -0.309 e. The van der Waals surface area contributed by atoms with Crippen LogP contribution in [0.2, 0.25) is 0 Å². The van der Waals surface area contributed by atoms with Gasteiger partial charge in [-0.2, -0.15) is 0 Å². The molecule has 0 atom stereocenters. The van der Waals surface area contributed by atoms with E-state index in [-0.39, 0.29) is 0 Å². The summed E-state index contributed by atoms with van der Waals surface area (Å²) in [6.07, 6.45) is 0. The van der Waals surface area contributed by atoms with Crippen LogP contribution in [0.5, 0.6) is 0 Å². The predicted molar refractivity (Wildman–Crippen MR) is 204 cm³/mol. The number of fused-ring (bicyclic) bond motifs is 4. The molecule has 0 saturated heterocycles. The molecule has 1 heterocycles. The molecule has 1 aromatic heterocycles. The molecule has 2 heteroatoms. The average Bonchev–Trinajstić information content (AvgIpc) is 3.50. The lowest BCUT2D eigenvalue weighted by atomic mass is 9.99. The van der Waals surface area contributed by atoms with Crippen LogP contribution >= 0.6 is 0 Å². The summed E-state index contributed by atoms with van der Waals surface area (Å²) in [4.78, 5) is 2.43. The first-order valence-corrected chi connectivity index (χ1v) is 16.4. The Balaban J connectivity index is 1.26. The minimum atomic E-state index is 1.11. The van der Waals surface area contributed by atoms with Gasteiger partial charge in [-0.1, -0.05) is 146 Å². The van der Waals surface area contributed by atoms with Gasteiger partial charge in [-0.3, -0.25) is 0 Å². The lowest BCUT2D eigenvalue weighted by molar-refractivity contribution is 1.18. The molecule has 0 aliphatic heterocycles. The highest BCUT2D eigenvalue weighted by atomic mass is 15.1. The molecule has 0 spiro atoms. The van der Waals surface area contributed by atoms with Gasteiger partial charge in [-0.15, -0.1) is 0 Å². The number of anilines is 3. The fourth-order valence-corrected chi connectivity index (χ4v) is 7.19. The Labute approximate surface area is 280 Å². The van der Waals surface area contributed by atoms with Crippen molar-refractivity contribution in [1.29, 1.82) is 0 Å². The third-order valence-corrected chi connectivity index (χ3v) is 9.36. The number of nitrogens with zero attached hydrogens (tertiary/aromatic N) is 2. The summed E-state index contributed by atoms with van der Waals surface area (Å²) in [6, 6.07) is 69.9. The molecule has 9 rings (SSSR count). The second-order valence-corrected chi connectivity index (χ2v) is 12.2. The first kappa shape index (κ1) is 27.9. The van der Waals surface area contributed by atoms with Gasteiger partial charge in [0.15, 0.2) is 0 Å². The van der Waals surface area contributed by atoms with Gasteiger partial charge in [0.2, 0.25) is 0 Å². The number of hydrogen-bond donors (Lipinski definition) is 0. The maximum atomic E-state index is 2.43. The van der Waals surface area contributed by atoms with E-state index in [2.05, 4.69) is 204 Å². The van der Waals surface area contributed by atoms with Gasteiger partial charge in [0.1, 0.15) is 0 Å². The third kappa shape index (κ3) is 4.74. The highest BCUT2D eigenvalue weighted by Gasteiger charge is 2.20. The molecular weight excluding hydrogens is 581 g/mol. The second-order valence-electron chi connectivity index (χ2n) is 12.2. The van der Waals surface area contributed by atoms with Crippen molar-refractivity contribution in [3.63, 3.8) is 0 Å². The van der Waals surface area contributed by atoms with Crippen molar-refractivity contribution in [1.82, 2.24) is 4.57 Å². The van der Waals surface area contributed by atoms with Crippen molar-refractivity contribution in [3.8, 4) is 27.9 Å². The number of rotatable bonds is 6. The smallest absolute Gasteiger partial charge is 0.0541 e. The minimum absolute atomic E-state index is 1.11. The van der Waals surface area contributed by atoms with E-state index in [1.165, 1.54) is 43.7 Å². The van der Waals surface area contributed by atoms with Crippen LogP contribution < -0.4 is 4.90 Å². The van der Waals surface area contributed by atoms with Crippen molar-refractivity contribution < 1.29 is 0 Å². The van der Waals surface area contributed by atoms with Crippen molar-refractivity contribution >= 4 is 49.6 Å². The summed E-state index contributed by atoms with van der Waals surface area (Å²) >= 11 is 0. The van der Waals surface area contributed by atoms with E-state index in [0.29, 0.717) is 0 Å². The molecule has 0 radical (unpaired) electrons. The second kappa shape index (κ2) is 11.8. The van der Waals surface area contributed by atoms with Gasteiger partial charge >= 0.3 is 0 Å². The van der Waals surface area contributed by atoms with Crippen molar-refractivity contribution in [2.24, 2.45) is 0 Å². The summed E-state index contributed by atoms with van der Waals surface area (Å²) in [7, 11) is 0. The van der Waals surface area contributed by atoms with E-state index in [4.69, 9.17) is 0 Å². The van der Waals surface area contributed by atoms with Crippen molar-refractivity contribution in [3.05, 3.63) is 194 Å². The molecule has 0 fully saturated rings. The Morgan fingerprint density at radius 2 is 0.917 bits per heavy atom. The molecule has 226 valence electrons. The molecule has 0 bridgehead atoms. The molecule has 0 N–H and O–H groups in total. The first-order chi connectivity index (χ1) is 23.8. The standard InChI is InChI=1S/C46H32N2/c1-2-15-33(16-3-1)35-19-12-21-37(31-35)47(44-30-14-18-34-17-4-5-23-39(34)44)43-27-9-6-24-40(43)36-20-13-22-38(32-36)48-45-28-10-7-25-41(45)42-26-8-11-29-46(42)48/h1-32H. The zero-order chi connectivity index (χ0) is 31.9. The third-order valence-electron chi connectivity index (χ3n) is 9.36. The largest absolute Gasteiger partial charge is 0.309 e. The Kier molecular flexibility index (Phi) is 6.84. The van der Waals surface area contributed by atoms with Gasteiger partial charge in [-0.25, -0.2) is 0 Å². The topological polar surface area (TPSA) is 8.17 Å². The van der Waals surface area contributed by atoms with Crippen LogP contribution in [-0.2, 0) is 0 Å². The van der Waals surface area contributed by atoms with Crippen LogP contribution in [0.4, 0.5) is 17.1 Å². The maximum Gasteiger partial charge on any atom is 0.0541 e. The lowest BCUT2D eigenvalue weighted by Crippen LogP contribution is -2.12. The van der Waals surface area contributed by atoms with E-state index in [9.17, 15) is 0 Å². The summed E-state index contributed by atoms with van der Waals surface area (Å²) < 4.78 is 2.39. The van der Waals surface area contributed by atoms with Gasteiger partial charge < -0.3 is 9.47 Å². The van der Waals surface area contributed by atoms with Crippen LogP contribution in [0.3, 0.4) is 0 Å². The highest BCUT2D eigenvalue weighted by Crippen LogP contribution is 2.44. The Bertz CT molecular complexity index is 2520. The maximum absolute atomic E-state index is 2.43.